The quantitative estimate of drug-likeness (QED) is 0.756. The Hall–Kier alpha value is -3.22. The number of nitrogens with zero attached hydrogens (tertiary/aromatic N) is 2. The van der Waals surface area contributed by atoms with E-state index in [-0.39, 0.29) is 36.0 Å². The first-order valence-corrected chi connectivity index (χ1v) is 10.8. The van der Waals surface area contributed by atoms with Gasteiger partial charge in [-0.15, -0.1) is 0 Å². The van der Waals surface area contributed by atoms with Crippen LogP contribution in [0.3, 0.4) is 0 Å². The fraction of sp³-hybridized carbons (Fsp3) is 0.286. The number of amides is 2. The first-order chi connectivity index (χ1) is 14.1. The summed E-state index contributed by atoms with van der Waals surface area (Å²) in [5.74, 6) is -0.822. The summed E-state index contributed by atoms with van der Waals surface area (Å²) in [6.07, 6.45) is 0. The second-order valence-corrected chi connectivity index (χ2v) is 9.42. The van der Waals surface area contributed by atoms with Gasteiger partial charge < -0.3 is 10.6 Å². The van der Waals surface area contributed by atoms with Crippen LogP contribution in [0, 0.1) is 11.3 Å². The lowest BCUT2D eigenvalue weighted by Crippen LogP contribution is -2.49. The molecule has 9 heteroatoms. The van der Waals surface area contributed by atoms with Crippen LogP contribution in [-0.4, -0.2) is 44.2 Å². The van der Waals surface area contributed by atoms with E-state index in [0.29, 0.717) is 5.69 Å². The van der Waals surface area contributed by atoms with Crippen molar-refractivity contribution < 1.29 is 18.0 Å². The number of hydrogen-bond donors (Lipinski definition) is 2. The van der Waals surface area contributed by atoms with Gasteiger partial charge >= 0.3 is 0 Å². The number of carbonyl (C=O) groups excluding carboxylic acids is 2. The van der Waals surface area contributed by atoms with Gasteiger partial charge in [0, 0.05) is 24.3 Å². The van der Waals surface area contributed by atoms with Gasteiger partial charge in [-0.25, -0.2) is 8.42 Å². The van der Waals surface area contributed by atoms with Gasteiger partial charge in [-0.3, -0.25) is 9.59 Å². The van der Waals surface area contributed by atoms with E-state index in [1.165, 1.54) is 24.3 Å². The first kappa shape index (κ1) is 21.5. The molecule has 1 fully saturated rings. The molecule has 0 saturated carbocycles. The van der Waals surface area contributed by atoms with Crippen molar-refractivity contribution in [3.05, 3.63) is 59.7 Å². The predicted octanol–water partition coefficient (Wildman–Crippen LogP) is 1.86. The molecule has 1 aliphatic rings. The summed E-state index contributed by atoms with van der Waals surface area (Å²) < 4.78 is 26.7. The second-order valence-electron chi connectivity index (χ2n) is 7.48. The molecule has 2 N–H and O–H groups in total. The summed E-state index contributed by atoms with van der Waals surface area (Å²) in [5.41, 5.74) is 0.885. The van der Waals surface area contributed by atoms with Crippen molar-refractivity contribution in [2.75, 3.05) is 25.0 Å². The maximum absolute atomic E-state index is 12.8. The number of rotatable bonds is 5. The van der Waals surface area contributed by atoms with Crippen molar-refractivity contribution in [2.45, 2.75) is 24.2 Å². The predicted molar refractivity (Wildman–Crippen MR) is 111 cm³/mol. The Morgan fingerprint density at radius 2 is 1.90 bits per heavy atom. The summed E-state index contributed by atoms with van der Waals surface area (Å²) in [7, 11) is -3.89. The van der Waals surface area contributed by atoms with E-state index in [0.717, 1.165) is 9.87 Å². The van der Waals surface area contributed by atoms with E-state index in [4.69, 9.17) is 0 Å². The van der Waals surface area contributed by atoms with Crippen molar-refractivity contribution in [3.8, 4) is 6.07 Å². The van der Waals surface area contributed by atoms with Gasteiger partial charge in [0.1, 0.15) is 0 Å². The standard InChI is InChI=1S/C21H22N4O4S/c1-21(2,14-22)16-6-8-17(9-7-16)24-20(27)15-4-3-5-18(12-15)30(28,29)25-11-10-23-19(26)13-25/h3-9,12H,10-11,13H2,1-2H3,(H,23,26)(H,24,27). The second kappa shape index (κ2) is 8.26. The Morgan fingerprint density at radius 1 is 1.20 bits per heavy atom. The van der Waals surface area contributed by atoms with E-state index < -0.39 is 21.3 Å². The summed E-state index contributed by atoms with van der Waals surface area (Å²) in [6.45, 7) is 3.79. The molecule has 1 heterocycles. The Morgan fingerprint density at radius 3 is 2.53 bits per heavy atom. The molecule has 0 aromatic heterocycles. The molecule has 0 radical (unpaired) electrons. The molecule has 0 unspecified atom stereocenters. The van der Waals surface area contributed by atoms with Crippen LogP contribution in [0.1, 0.15) is 29.8 Å². The Labute approximate surface area is 175 Å². The average molecular weight is 426 g/mol. The van der Waals surface area contributed by atoms with Crippen LogP contribution in [0.25, 0.3) is 0 Å². The molecule has 3 rings (SSSR count). The first-order valence-electron chi connectivity index (χ1n) is 9.33. The lowest BCUT2D eigenvalue weighted by molar-refractivity contribution is -0.122. The van der Waals surface area contributed by atoms with Crippen molar-refractivity contribution in [2.24, 2.45) is 0 Å². The van der Waals surface area contributed by atoms with Gasteiger partial charge in [0.05, 0.1) is 22.9 Å². The number of nitriles is 1. The van der Waals surface area contributed by atoms with Gasteiger partial charge in [-0.05, 0) is 49.7 Å². The van der Waals surface area contributed by atoms with Crippen LogP contribution in [0.5, 0.6) is 0 Å². The third-order valence-electron chi connectivity index (χ3n) is 4.88. The summed E-state index contributed by atoms with van der Waals surface area (Å²) in [4.78, 5) is 24.1. The molecule has 2 aromatic carbocycles. The van der Waals surface area contributed by atoms with Gasteiger partial charge in [-0.1, -0.05) is 18.2 Å². The number of hydrogen-bond acceptors (Lipinski definition) is 5. The van der Waals surface area contributed by atoms with Crippen LogP contribution >= 0.6 is 0 Å². The average Bonchev–Trinajstić information content (AvgIpc) is 2.74. The SMILES string of the molecule is CC(C)(C#N)c1ccc(NC(=O)c2cccc(S(=O)(=O)N3CCNC(=O)C3)c2)cc1. The molecule has 156 valence electrons. The van der Waals surface area contributed by atoms with Crippen molar-refractivity contribution >= 4 is 27.5 Å². The highest BCUT2D eigenvalue weighted by molar-refractivity contribution is 7.89. The summed E-state index contributed by atoms with van der Waals surface area (Å²) in [5, 5.41) is 14.5. The highest BCUT2D eigenvalue weighted by Gasteiger charge is 2.29. The Balaban J connectivity index is 1.78. The van der Waals surface area contributed by atoms with E-state index in [1.807, 2.05) is 0 Å². The summed E-state index contributed by atoms with van der Waals surface area (Å²) in [6, 6.07) is 14.8. The molecule has 0 atom stereocenters. The molecule has 1 saturated heterocycles. The zero-order valence-corrected chi connectivity index (χ0v) is 17.5. The van der Waals surface area contributed by atoms with E-state index in [2.05, 4.69) is 16.7 Å². The minimum Gasteiger partial charge on any atom is -0.354 e. The minimum atomic E-state index is -3.89. The number of anilines is 1. The number of sulfonamides is 1. The van der Waals surface area contributed by atoms with Crippen LogP contribution in [0.15, 0.2) is 53.4 Å². The topological polar surface area (TPSA) is 119 Å². The third-order valence-corrected chi connectivity index (χ3v) is 6.72. The largest absolute Gasteiger partial charge is 0.354 e. The van der Waals surface area contributed by atoms with Gasteiger partial charge in [0.15, 0.2) is 0 Å². The zero-order valence-electron chi connectivity index (χ0n) is 16.7. The lowest BCUT2D eigenvalue weighted by Gasteiger charge is -2.26. The number of piperazine rings is 1. The highest BCUT2D eigenvalue weighted by Crippen LogP contribution is 2.24. The molecule has 2 aromatic rings. The van der Waals surface area contributed by atoms with E-state index >= 15 is 0 Å². The molecular weight excluding hydrogens is 404 g/mol. The maximum Gasteiger partial charge on any atom is 0.255 e. The molecule has 0 spiro atoms. The van der Waals surface area contributed by atoms with Crippen LogP contribution in [0.2, 0.25) is 0 Å². The van der Waals surface area contributed by atoms with Crippen LogP contribution in [-0.2, 0) is 20.2 Å². The van der Waals surface area contributed by atoms with Crippen molar-refractivity contribution in [3.63, 3.8) is 0 Å². The lowest BCUT2D eigenvalue weighted by atomic mass is 9.86. The smallest absolute Gasteiger partial charge is 0.255 e. The van der Waals surface area contributed by atoms with Crippen molar-refractivity contribution in [1.82, 2.24) is 9.62 Å². The molecule has 2 amide bonds. The molecule has 1 aliphatic heterocycles. The molecule has 0 bridgehead atoms. The number of nitrogens with one attached hydrogen (secondary N) is 2. The fourth-order valence-corrected chi connectivity index (χ4v) is 4.45. The van der Waals surface area contributed by atoms with Crippen molar-refractivity contribution in [1.29, 1.82) is 5.26 Å². The van der Waals surface area contributed by atoms with Crippen LogP contribution < -0.4 is 10.6 Å². The molecule has 8 nitrogen and oxygen atoms in total. The summed E-state index contributed by atoms with van der Waals surface area (Å²) >= 11 is 0. The zero-order chi connectivity index (χ0) is 21.9. The Bertz CT molecular complexity index is 1120. The maximum atomic E-state index is 12.8. The van der Waals surface area contributed by atoms with E-state index in [9.17, 15) is 23.3 Å². The Kier molecular flexibility index (Phi) is 5.92. The fourth-order valence-electron chi connectivity index (χ4n) is 3.01. The number of carbonyl (C=O) groups is 2. The molecule has 30 heavy (non-hydrogen) atoms. The third kappa shape index (κ3) is 4.50. The van der Waals surface area contributed by atoms with Gasteiger partial charge in [-0.2, -0.15) is 9.57 Å². The normalized spacial score (nSPS) is 15.2. The van der Waals surface area contributed by atoms with Gasteiger partial charge in [0.25, 0.3) is 5.91 Å². The number of benzene rings is 2. The highest BCUT2D eigenvalue weighted by atomic mass is 32.2. The van der Waals surface area contributed by atoms with Crippen LogP contribution in [0.4, 0.5) is 5.69 Å². The molecule has 0 aliphatic carbocycles. The van der Waals surface area contributed by atoms with E-state index in [1.54, 1.807) is 38.1 Å². The monoisotopic (exact) mass is 426 g/mol. The minimum absolute atomic E-state index is 0.0454. The van der Waals surface area contributed by atoms with Gasteiger partial charge in [0.2, 0.25) is 15.9 Å². The molecular formula is C21H22N4O4S.